The lowest BCUT2D eigenvalue weighted by atomic mass is 10.2. The Hall–Kier alpha value is -2.73. The highest BCUT2D eigenvalue weighted by atomic mass is 79.9. The monoisotopic (exact) mass is 483 g/mol. The van der Waals surface area contributed by atoms with E-state index in [9.17, 15) is 13.2 Å². The molecule has 0 atom stereocenters. The van der Waals surface area contributed by atoms with Crippen LogP contribution in [0.25, 0.3) is 10.7 Å². The molecule has 12 heteroatoms. The number of aromatic nitrogens is 6. The van der Waals surface area contributed by atoms with Gasteiger partial charge >= 0.3 is 6.18 Å². The first-order valence-electron chi connectivity index (χ1n) is 8.29. The topological polar surface area (TPSA) is 73.5 Å². The van der Waals surface area contributed by atoms with Crippen molar-refractivity contribution in [3.63, 3.8) is 0 Å². The predicted molar refractivity (Wildman–Crippen MR) is 106 cm³/mol. The first-order valence-corrected chi connectivity index (χ1v) is 9.90. The zero-order valence-corrected chi connectivity index (χ0v) is 17.3. The summed E-state index contributed by atoms with van der Waals surface area (Å²) in [4.78, 5) is 0. The highest BCUT2D eigenvalue weighted by Crippen LogP contribution is 2.40. The number of hydrogen-bond donors (Lipinski definition) is 1. The summed E-state index contributed by atoms with van der Waals surface area (Å²) in [6.45, 7) is 0.616. The van der Waals surface area contributed by atoms with Gasteiger partial charge in [-0.05, 0) is 21.5 Å². The molecule has 3 heterocycles. The third-order valence-electron chi connectivity index (χ3n) is 3.95. The lowest BCUT2D eigenvalue weighted by Crippen LogP contribution is -2.12. The van der Waals surface area contributed by atoms with Crippen LogP contribution in [0.2, 0.25) is 0 Å². The molecule has 1 N–H and O–H groups in total. The van der Waals surface area contributed by atoms with Crippen molar-refractivity contribution < 1.29 is 13.2 Å². The lowest BCUT2D eigenvalue weighted by Gasteiger charge is -2.06. The second-order valence-electron chi connectivity index (χ2n) is 6.05. The Kier molecular flexibility index (Phi) is 5.13. The summed E-state index contributed by atoms with van der Waals surface area (Å²) in [7, 11) is 1.23. The van der Waals surface area contributed by atoms with E-state index in [1.54, 1.807) is 10.7 Å². The summed E-state index contributed by atoms with van der Waals surface area (Å²) >= 11 is 4.07. The van der Waals surface area contributed by atoms with Gasteiger partial charge in [0.25, 0.3) is 0 Å². The molecule has 0 aliphatic rings. The van der Waals surface area contributed by atoms with Gasteiger partial charge in [-0.2, -0.15) is 23.4 Å². The van der Waals surface area contributed by atoms with Crippen molar-refractivity contribution in [2.24, 2.45) is 7.05 Å². The number of anilines is 2. The number of benzene rings is 1. The Bertz CT molecular complexity index is 1130. The molecule has 29 heavy (non-hydrogen) atoms. The van der Waals surface area contributed by atoms with Crippen LogP contribution in [-0.4, -0.2) is 29.8 Å². The van der Waals surface area contributed by atoms with Crippen LogP contribution in [0.4, 0.5) is 24.1 Å². The largest absolute Gasteiger partial charge is 0.434 e. The summed E-state index contributed by atoms with van der Waals surface area (Å²) in [5.74, 6) is 0.555. The fraction of sp³-hybridized carbons (Fsp3) is 0.176. The van der Waals surface area contributed by atoms with Crippen molar-refractivity contribution in [2.75, 3.05) is 5.32 Å². The van der Waals surface area contributed by atoms with Crippen LogP contribution in [-0.2, 0) is 19.8 Å². The average Bonchev–Trinajstić information content (AvgIpc) is 3.35. The fourth-order valence-corrected chi connectivity index (χ4v) is 4.33. The van der Waals surface area contributed by atoms with E-state index in [0.717, 1.165) is 21.6 Å². The van der Waals surface area contributed by atoms with Crippen molar-refractivity contribution in [1.29, 1.82) is 0 Å². The first kappa shape index (κ1) is 19.6. The van der Waals surface area contributed by atoms with E-state index in [1.165, 1.54) is 7.05 Å². The molecule has 0 amide bonds. The Morgan fingerprint density at radius 2 is 1.86 bits per heavy atom. The van der Waals surface area contributed by atoms with E-state index in [0.29, 0.717) is 17.5 Å². The highest BCUT2D eigenvalue weighted by Gasteiger charge is 2.39. The first-order chi connectivity index (χ1) is 13.8. The maximum atomic E-state index is 13.1. The Balaban J connectivity index is 1.51. The second kappa shape index (κ2) is 7.59. The molecule has 0 spiro atoms. The number of halogens is 4. The van der Waals surface area contributed by atoms with Gasteiger partial charge in [-0.15, -0.1) is 10.2 Å². The molecule has 0 saturated heterocycles. The van der Waals surface area contributed by atoms with Crippen LogP contribution >= 0.6 is 27.3 Å². The molecule has 1 aromatic carbocycles. The van der Waals surface area contributed by atoms with E-state index in [1.807, 2.05) is 36.5 Å². The standard InChI is InChI=1S/C17H13BrF3N7S/c1-27-14(17(19,20)21)12(18)13(26-27)15-23-24-16(29-15)22-11-7-8-28(25-11)9-10-5-3-2-4-6-10/h2-8H,9H2,1H3,(H,22,24,25). The Labute approximate surface area is 175 Å². The maximum absolute atomic E-state index is 13.1. The van der Waals surface area contributed by atoms with Gasteiger partial charge in [0.05, 0.1) is 11.0 Å². The average molecular weight is 484 g/mol. The Morgan fingerprint density at radius 1 is 1.10 bits per heavy atom. The second-order valence-corrected chi connectivity index (χ2v) is 7.82. The third kappa shape index (κ3) is 4.17. The molecule has 0 bridgehead atoms. The van der Waals surface area contributed by atoms with Crippen molar-refractivity contribution in [1.82, 2.24) is 29.8 Å². The van der Waals surface area contributed by atoms with Crippen LogP contribution in [0, 0.1) is 0 Å². The number of hydrogen-bond acceptors (Lipinski definition) is 6. The molecule has 3 aromatic heterocycles. The molecule has 0 fully saturated rings. The van der Waals surface area contributed by atoms with Gasteiger partial charge in [0.1, 0.15) is 5.69 Å². The predicted octanol–water partition coefficient (Wildman–Crippen LogP) is 4.71. The molecule has 150 valence electrons. The smallest absolute Gasteiger partial charge is 0.313 e. The van der Waals surface area contributed by atoms with E-state index in [2.05, 4.69) is 41.6 Å². The number of nitrogens with one attached hydrogen (secondary N) is 1. The van der Waals surface area contributed by atoms with Crippen molar-refractivity contribution >= 4 is 38.2 Å². The minimum Gasteiger partial charge on any atom is -0.313 e. The lowest BCUT2D eigenvalue weighted by molar-refractivity contribution is -0.144. The molecule has 4 rings (SSSR count). The van der Waals surface area contributed by atoms with Crippen LogP contribution in [0.1, 0.15) is 11.3 Å². The van der Waals surface area contributed by atoms with Crippen molar-refractivity contribution in [2.45, 2.75) is 12.7 Å². The summed E-state index contributed by atoms with van der Waals surface area (Å²) in [6, 6.07) is 11.7. The number of alkyl halides is 3. The molecule has 0 unspecified atom stereocenters. The van der Waals surface area contributed by atoms with Gasteiger partial charge < -0.3 is 5.32 Å². The summed E-state index contributed by atoms with van der Waals surface area (Å²) in [5, 5.41) is 19.9. The van der Waals surface area contributed by atoms with Gasteiger partial charge in [0.2, 0.25) is 5.13 Å². The van der Waals surface area contributed by atoms with E-state index in [4.69, 9.17) is 0 Å². The summed E-state index contributed by atoms with van der Waals surface area (Å²) in [6.07, 6.45) is -2.71. The summed E-state index contributed by atoms with van der Waals surface area (Å²) in [5.41, 5.74) is 0.317. The number of rotatable bonds is 5. The van der Waals surface area contributed by atoms with Crippen molar-refractivity contribution in [3.8, 4) is 10.7 Å². The molecule has 7 nitrogen and oxygen atoms in total. The van der Waals surface area contributed by atoms with Gasteiger partial charge in [0, 0.05) is 19.3 Å². The number of aryl methyl sites for hydroxylation is 1. The molecular formula is C17H13BrF3N7S. The van der Waals surface area contributed by atoms with Gasteiger partial charge in [-0.1, -0.05) is 41.7 Å². The fourth-order valence-electron chi connectivity index (χ4n) is 2.71. The van der Waals surface area contributed by atoms with E-state index >= 15 is 0 Å². The minimum atomic E-state index is -4.53. The summed E-state index contributed by atoms with van der Waals surface area (Å²) < 4.78 is 41.8. The zero-order valence-electron chi connectivity index (χ0n) is 14.9. The maximum Gasteiger partial charge on any atom is 0.434 e. The van der Waals surface area contributed by atoms with Crippen LogP contribution in [0.5, 0.6) is 0 Å². The quantitative estimate of drug-likeness (QED) is 0.445. The molecule has 4 aromatic rings. The Morgan fingerprint density at radius 3 is 2.55 bits per heavy atom. The SMILES string of the molecule is Cn1nc(-c2nnc(Nc3ccn(Cc4ccccc4)n3)s2)c(Br)c1C(F)(F)F. The molecular weight excluding hydrogens is 471 g/mol. The highest BCUT2D eigenvalue weighted by molar-refractivity contribution is 9.10. The van der Waals surface area contributed by atoms with Crippen LogP contribution < -0.4 is 5.32 Å². The van der Waals surface area contributed by atoms with E-state index in [-0.39, 0.29) is 15.2 Å². The van der Waals surface area contributed by atoms with Crippen LogP contribution in [0.15, 0.2) is 47.1 Å². The molecule has 0 saturated carbocycles. The number of nitrogens with zero attached hydrogens (tertiary/aromatic N) is 6. The van der Waals surface area contributed by atoms with Gasteiger partial charge in [-0.25, -0.2) is 0 Å². The third-order valence-corrected chi connectivity index (χ3v) is 5.55. The van der Waals surface area contributed by atoms with Gasteiger partial charge in [-0.3, -0.25) is 9.36 Å². The minimum absolute atomic E-state index is 0.0833. The van der Waals surface area contributed by atoms with Crippen molar-refractivity contribution in [3.05, 3.63) is 58.3 Å². The molecule has 0 aliphatic heterocycles. The molecule has 0 radical (unpaired) electrons. The van der Waals surface area contributed by atoms with Gasteiger partial charge in [0.15, 0.2) is 16.5 Å². The zero-order chi connectivity index (χ0) is 20.6. The van der Waals surface area contributed by atoms with E-state index < -0.39 is 11.9 Å². The molecule has 0 aliphatic carbocycles. The normalized spacial score (nSPS) is 11.8. The van der Waals surface area contributed by atoms with Crippen LogP contribution in [0.3, 0.4) is 0 Å².